The van der Waals surface area contributed by atoms with Crippen LogP contribution in [0, 0.1) is 0 Å². The number of nitrogens with zero attached hydrogens (tertiary/aromatic N) is 2. The lowest BCUT2D eigenvalue weighted by atomic mass is 10.1. The Hall–Kier alpha value is -2.67. The topological polar surface area (TPSA) is 98.1 Å². The minimum atomic E-state index is -0.560. The number of aromatic nitrogens is 3. The molecule has 118 valence electrons. The first-order valence-electron chi connectivity index (χ1n) is 6.86. The molecule has 0 aromatic carbocycles. The van der Waals surface area contributed by atoms with E-state index in [0.717, 1.165) is 0 Å². The Bertz CT molecular complexity index is 980. The maximum Gasteiger partial charge on any atom is 0.337 e. The number of nitrogens with one attached hydrogen (secondary N) is 1. The van der Waals surface area contributed by atoms with Crippen molar-refractivity contribution in [3.8, 4) is 6.01 Å². The number of ether oxygens (including phenoxy) is 1. The largest absolute Gasteiger partial charge is 0.460 e. The van der Waals surface area contributed by atoms with E-state index in [1.807, 2.05) is 6.92 Å². The van der Waals surface area contributed by atoms with Gasteiger partial charge in [0.15, 0.2) is 0 Å². The summed E-state index contributed by atoms with van der Waals surface area (Å²) in [6.45, 7) is 1.93. The van der Waals surface area contributed by atoms with Crippen LogP contribution in [-0.2, 0) is 13.0 Å². The summed E-state index contributed by atoms with van der Waals surface area (Å²) < 4.78 is 10.4. The van der Waals surface area contributed by atoms with Crippen molar-refractivity contribution in [2.75, 3.05) is 0 Å². The third kappa shape index (κ3) is 3.09. The number of aryl methyl sites for hydroxylation is 1. The van der Waals surface area contributed by atoms with Crippen molar-refractivity contribution in [3.63, 3.8) is 0 Å². The van der Waals surface area contributed by atoms with E-state index in [-0.39, 0.29) is 23.7 Å². The van der Waals surface area contributed by atoms with Crippen LogP contribution in [0.25, 0.3) is 11.1 Å². The molecule has 0 spiro atoms. The second-order valence-electron chi connectivity index (χ2n) is 4.75. The van der Waals surface area contributed by atoms with Gasteiger partial charge in [-0.05, 0) is 18.1 Å². The molecule has 0 atom stereocenters. The summed E-state index contributed by atoms with van der Waals surface area (Å²) in [5.41, 5.74) is 0.234. The molecule has 0 amide bonds. The maximum absolute atomic E-state index is 12.2. The second-order valence-corrected chi connectivity index (χ2v) is 5.16. The average Bonchev–Trinajstić information content (AvgIpc) is 2.52. The molecule has 0 saturated carbocycles. The van der Waals surface area contributed by atoms with Crippen LogP contribution >= 0.6 is 11.6 Å². The number of hydrogen-bond donors (Lipinski definition) is 1. The third-order valence-electron chi connectivity index (χ3n) is 3.28. The molecule has 3 rings (SSSR count). The molecule has 3 aromatic heterocycles. The van der Waals surface area contributed by atoms with Crippen LogP contribution in [0.3, 0.4) is 0 Å². The first kappa shape index (κ1) is 15.2. The van der Waals surface area contributed by atoms with E-state index in [0.29, 0.717) is 22.6 Å². The van der Waals surface area contributed by atoms with Crippen molar-refractivity contribution >= 4 is 22.7 Å². The van der Waals surface area contributed by atoms with E-state index >= 15 is 0 Å². The molecule has 8 heteroatoms. The highest BCUT2D eigenvalue weighted by molar-refractivity contribution is 6.31. The smallest absolute Gasteiger partial charge is 0.337 e. The van der Waals surface area contributed by atoms with Gasteiger partial charge in [0, 0.05) is 24.0 Å². The fraction of sp³-hybridized carbons (Fsp3) is 0.200. The predicted molar refractivity (Wildman–Crippen MR) is 83.9 cm³/mol. The monoisotopic (exact) mass is 333 g/mol. The number of hydrogen-bond acceptors (Lipinski definition) is 6. The maximum atomic E-state index is 12.2. The van der Waals surface area contributed by atoms with Crippen molar-refractivity contribution in [1.82, 2.24) is 15.0 Å². The number of pyridine rings is 1. The average molecular weight is 334 g/mol. The minimum absolute atomic E-state index is 0.0473. The van der Waals surface area contributed by atoms with E-state index in [9.17, 15) is 9.59 Å². The van der Waals surface area contributed by atoms with Crippen molar-refractivity contribution in [1.29, 1.82) is 0 Å². The van der Waals surface area contributed by atoms with E-state index in [2.05, 4.69) is 15.0 Å². The molecular weight excluding hydrogens is 322 g/mol. The molecule has 0 fully saturated rings. The van der Waals surface area contributed by atoms with Gasteiger partial charge < -0.3 is 9.15 Å². The van der Waals surface area contributed by atoms with Crippen molar-refractivity contribution in [2.45, 2.75) is 20.0 Å². The van der Waals surface area contributed by atoms with E-state index in [1.54, 1.807) is 12.3 Å². The van der Waals surface area contributed by atoms with Gasteiger partial charge in [-0.15, -0.1) is 0 Å². The summed E-state index contributed by atoms with van der Waals surface area (Å²) in [6.07, 6.45) is 3.58. The Balaban J connectivity index is 1.98. The quantitative estimate of drug-likeness (QED) is 0.784. The summed E-state index contributed by atoms with van der Waals surface area (Å²) in [6, 6.07) is 2.93. The molecular formula is C15H12ClN3O4. The van der Waals surface area contributed by atoms with Gasteiger partial charge in [0.05, 0.1) is 5.02 Å². The molecule has 3 aromatic rings. The highest BCUT2D eigenvalue weighted by atomic mass is 35.5. The fourth-order valence-corrected chi connectivity index (χ4v) is 2.32. The first-order chi connectivity index (χ1) is 11.1. The zero-order chi connectivity index (χ0) is 16.4. The molecule has 0 unspecified atom stereocenters. The fourth-order valence-electron chi connectivity index (χ4n) is 2.14. The summed E-state index contributed by atoms with van der Waals surface area (Å²) in [5, 5.41) is 0.692. The van der Waals surface area contributed by atoms with Gasteiger partial charge in [-0.25, -0.2) is 4.79 Å². The minimum Gasteiger partial charge on any atom is -0.460 e. The molecule has 0 saturated heterocycles. The van der Waals surface area contributed by atoms with Crippen LogP contribution in [0.15, 0.2) is 38.5 Å². The molecule has 0 bridgehead atoms. The Morgan fingerprint density at radius 2 is 2.17 bits per heavy atom. The van der Waals surface area contributed by atoms with Crippen LogP contribution in [0.4, 0.5) is 0 Å². The van der Waals surface area contributed by atoms with Crippen LogP contribution < -0.4 is 15.9 Å². The van der Waals surface area contributed by atoms with E-state index in [1.165, 1.54) is 12.3 Å². The molecule has 3 heterocycles. The molecule has 7 nitrogen and oxygen atoms in total. The SMILES string of the molecule is CCc1cc(=O)oc2nc(OCc3ccncc3Cl)[nH]c(=O)c12. The summed E-state index contributed by atoms with van der Waals surface area (Å²) in [7, 11) is 0. The van der Waals surface area contributed by atoms with Gasteiger partial charge in [-0.3, -0.25) is 14.8 Å². The lowest BCUT2D eigenvalue weighted by molar-refractivity contribution is 0.279. The Morgan fingerprint density at radius 1 is 1.35 bits per heavy atom. The molecule has 0 radical (unpaired) electrons. The number of H-pyrrole nitrogens is 1. The van der Waals surface area contributed by atoms with Gasteiger partial charge in [0.1, 0.15) is 12.0 Å². The van der Waals surface area contributed by atoms with Crippen molar-refractivity contribution < 1.29 is 9.15 Å². The molecule has 0 aliphatic carbocycles. The highest BCUT2D eigenvalue weighted by Crippen LogP contribution is 2.17. The van der Waals surface area contributed by atoms with Crippen molar-refractivity contribution in [3.05, 3.63) is 61.4 Å². The van der Waals surface area contributed by atoms with Gasteiger partial charge in [-0.2, -0.15) is 4.98 Å². The van der Waals surface area contributed by atoms with E-state index < -0.39 is 11.2 Å². The number of fused-ring (bicyclic) bond motifs is 1. The summed E-state index contributed by atoms with van der Waals surface area (Å²) in [5.74, 6) is 0. The van der Waals surface area contributed by atoms with Gasteiger partial charge in [0.25, 0.3) is 11.6 Å². The van der Waals surface area contributed by atoms with Crippen LogP contribution in [0.1, 0.15) is 18.1 Å². The van der Waals surface area contributed by atoms with E-state index in [4.69, 9.17) is 20.8 Å². The van der Waals surface area contributed by atoms with Crippen LogP contribution in [0.2, 0.25) is 5.02 Å². The summed E-state index contributed by atoms with van der Waals surface area (Å²) >= 11 is 5.98. The number of halogens is 1. The lowest BCUT2D eigenvalue weighted by Crippen LogP contribution is -2.15. The van der Waals surface area contributed by atoms with Gasteiger partial charge >= 0.3 is 5.63 Å². The van der Waals surface area contributed by atoms with Crippen LogP contribution in [0.5, 0.6) is 6.01 Å². The Morgan fingerprint density at radius 3 is 2.91 bits per heavy atom. The number of aromatic amines is 1. The normalized spacial score (nSPS) is 10.9. The predicted octanol–water partition coefficient (Wildman–Crippen LogP) is 2.07. The second kappa shape index (κ2) is 6.21. The van der Waals surface area contributed by atoms with Gasteiger partial charge in [0.2, 0.25) is 5.71 Å². The number of rotatable bonds is 4. The lowest BCUT2D eigenvalue weighted by Gasteiger charge is -2.07. The van der Waals surface area contributed by atoms with Gasteiger partial charge in [-0.1, -0.05) is 18.5 Å². The van der Waals surface area contributed by atoms with Crippen molar-refractivity contribution in [2.24, 2.45) is 0 Å². The molecule has 0 aliphatic rings. The highest BCUT2D eigenvalue weighted by Gasteiger charge is 2.12. The molecule has 1 N–H and O–H groups in total. The standard InChI is InChI=1S/C15H12ClN3O4/c1-2-8-5-11(20)23-14-12(8)13(21)18-15(19-14)22-7-9-3-4-17-6-10(9)16/h3-6H,2,7H2,1H3,(H,18,19,21). The first-order valence-corrected chi connectivity index (χ1v) is 7.24. The summed E-state index contributed by atoms with van der Waals surface area (Å²) in [4.78, 5) is 34.2. The zero-order valence-electron chi connectivity index (χ0n) is 12.1. The Labute approximate surface area is 134 Å². The molecule has 0 aliphatic heterocycles. The third-order valence-corrected chi connectivity index (χ3v) is 3.62. The van der Waals surface area contributed by atoms with Crippen LogP contribution in [-0.4, -0.2) is 15.0 Å². The Kier molecular flexibility index (Phi) is 4.12. The zero-order valence-corrected chi connectivity index (χ0v) is 12.9. The molecule has 23 heavy (non-hydrogen) atoms.